The Morgan fingerprint density at radius 3 is 2.87 bits per heavy atom. The largest absolute Gasteiger partial charge is 0.377 e. The second kappa shape index (κ2) is 5.29. The number of nitrogens with zero attached hydrogens (tertiary/aromatic N) is 1. The maximum Gasteiger partial charge on any atom is 0.0714 e. The molecular weight excluding hydrogens is 186 g/mol. The van der Waals surface area contributed by atoms with E-state index in [1.807, 2.05) is 0 Å². The molecule has 0 aliphatic carbocycles. The number of likely N-dealkylation sites (tertiary alicyclic amines) is 1. The summed E-state index contributed by atoms with van der Waals surface area (Å²) < 4.78 is 5.63. The number of rotatable bonds is 4. The lowest BCUT2D eigenvalue weighted by atomic mass is 10.2. The van der Waals surface area contributed by atoms with Gasteiger partial charge in [-0.3, -0.25) is 4.90 Å². The van der Waals surface area contributed by atoms with E-state index in [-0.39, 0.29) is 0 Å². The maximum atomic E-state index is 5.63. The van der Waals surface area contributed by atoms with Crippen LogP contribution in [-0.4, -0.2) is 30.7 Å². The molecule has 2 rings (SSSR count). The van der Waals surface area contributed by atoms with E-state index >= 15 is 0 Å². The van der Waals surface area contributed by atoms with Crippen LogP contribution in [0.4, 0.5) is 0 Å². The predicted molar refractivity (Wildman–Crippen MR) is 61.8 cm³/mol. The molecule has 0 spiro atoms. The first-order chi connectivity index (χ1) is 7.38. The Kier molecular flexibility index (Phi) is 3.75. The van der Waals surface area contributed by atoms with Gasteiger partial charge in [-0.25, -0.2) is 0 Å². The normalized spacial score (nSPS) is 22.1. The van der Waals surface area contributed by atoms with E-state index in [1.165, 1.54) is 18.5 Å². The SMILES string of the molecule is CCO[C@@H]1CCN(Cc2ccccc2)C1. The standard InChI is InChI=1S/C13H19NO/c1-2-15-13-8-9-14(11-13)10-12-6-4-3-5-7-12/h3-7,13H,2,8-11H2,1H3/t13-/m1/s1. The lowest BCUT2D eigenvalue weighted by Crippen LogP contribution is -2.22. The predicted octanol–water partition coefficient (Wildman–Crippen LogP) is 2.30. The van der Waals surface area contributed by atoms with Crippen LogP contribution in [0.3, 0.4) is 0 Å². The molecule has 0 amide bonds. The highest BCUT2D eigenvalue weighted by Crippen LogP contribution is 2.15. The molecule has 1 aromatic carbocycles. The van der Waals surface area contributed by atoms with E-state index in [4.69, 9.17) is 4.74 Å². The van der Waals surface area contributed by atoms with Crippen molar-refractivity contribution < 1.29 is 4.74 Å². The lowest BCUT2D eigenvalue weighted by molar-refractivity contribution is 0.0683. The van der Waals surface area contributed by atoms with Crippen LogP contribution in [0, 0.1) is 0 Å². The molecule has 0 bridgehead atoms. The highest BCUT2D eigenvalue weighted by Gasteiger charge is 2.22. The van der Waals surface area contributed by atoms with Crippen LogP contribution in [0.5, 0.6) is 0 Å². The zero-order valence-corrected chi connectivity index (χ0v) is 9.36. The van der Waals surface area contributed by atoms with Gasteiger partial charge in [0.05, 0.1) is 6.10 Å². The fourth-order valence-corrected chi connectivity index (χ4v) is 2.15. The van der Waals surface area contributed by atoms with Crippen molar-refractivity contribution in [2.24, 2.45) is 0 Å². The Morgan fingerprint density at radius 2 is 2.13 bits per heavy atom. The molecule has 82 valence electrons. The average molecular weight is 205 g/mol. The van der Waals surface area contributed by atoms with Gasteiger partial charge in [0.25, 0.3) is 0 Å². The molecule has 15 heavy (non-hydrogen) atoms. The maximum absolute atomic E-state index is 5.63. The van der Waals surface area contributed by atoms with E-state index in [2.05, 4.69) is 42.2 Å². The van der Waals surface area contributed by atoms with Crippen molar-refractivity contribution >= 4 is 0 Å². The fraction of sp³-hybridized carbons (Fsp3) is 0.538. The Labute approximate surface area is 91.9 Å². The van der Waals surface area contributed by atoms with Gasteiger partial charge < -0.3 is 4.74 Å². The van der Waals surface area contributed by atoms with Crippen molar-refractivity contribution in [3.8, 4) is 0 Å². The third-order valence-corrected chi connectivity index (χ3v) is 2.88. The first-order valence-corrected chi connectivity index (χ1v) is 5.76. The molecule has 1 saturated heterocycles. The summed E-state index contributed by atoms with van der Waals surface area (Å²) in [5, 5.41) is 0. The molecule has 1 atom stereocenters. The molecule has 0 N–H and O–H groups in total. The third kappa shape index (κ3) is 3.05. The molecule has 2 heteroatoms. The highest BCUT2D eigenvalue weighted by molar-refractivity contribution is 5.14. The topological polar surface area (TPSA) is 12.5 Å². The molecule has 1 aromatic rings. The van der Waals surface area contributed by atoms with Crippen molar-refractivity contribution in [3.63, 3.8) is 0 Å². The van der Waals surface area contributed by atoms with Gasteiger partial charge in [0.15, 0.2) is 0 Å². The summed E-state index contributed by atoms with van der Waals surface area (Å²) in [6.07, 6.45) is 1.64. The Bertz CT molecular complexity index is 286. The molecule has 2 nitrogen and oxygen atoms in total. The van der Waals surface area contributed by atoms with Crippen molar-refractivity contribution in [2.75, 3.05) is 19.7 Å². The highest BCUT2D eigenvalue weighted by atomic mass is 16.5. The molecule has 1 aliphatic heterocycles. The molecule has 0 unspecified atom stereocenters. The summed E-state index contributed by atoms with van der Waals surface area (Å²) in [4.78, 5) is 2.47. The second-order valence-corrected chi connectivity index (χ2v) is 4.09. The van der Waals surface area contributed by atoms with E-state index in [1.54, 1.807) is 0 Å². The van der Waals surface area contributed by atoms with Crippen LogP contribution in [0.1, 0.15) is 18.9 Å². The van der Waals surface area contributed by atoms with E-state index < -0.39 is 0 Å². The first kappa shape index (κ1) is 10.7. The van der Waals surface area contributed by atoms with Crippen molar-refractivity contribution in [1.29, 1.82) is 0 Å². The summed E-state index contributed by atoms with van der Waals surface area (Å²) in [5.41, 5.74) is 1.40. The van der Waals surface area contributed by atoms with Gasteiger partial charge in [0.1, 0.15) is 0 Å². The number of hydrogen-bond acceptors (Lipinski definition) is 2. The average Bonchev–Trinajstić information content (AvgIpc) is 2.68. The van der Waals surface area contributed by atoms with Gasteiger partial charge in [-0.1, -0.05) is 30.3 Å². The number of ether oxygens (including phenoxy) is 1. The van der Waals surface area contributed by atoms with E-state index in [0.29, 0.717) is 6.10 Å². The molecule has 0 radical (unpaired) electrons. The molecule has 1 heterocycles. The van der Waals surface area contributed by atoms with Gasteiger partial charge in [0.2, 0.25) is 0 Å². The third-order valence-electron chi connectivity index (χ3n) is 2.88. The van der Waals surface area contributed by atoms with Gasteiger partial charge >= 0.3 is 0 Å². The zero-order valence-electron chi connectivity index (χ0n) is 9.36. The van der Waals surface area contributed by atoms with Crippen molar-refractivity contribution in [2.45, 2.75) is 26.0 Å². The monoisotopic (exact) mass is 205 g/mol. The Hall–Kier alpha value is -0.860. The lowest BCUT2D eigenvalue weighted by Gasteiger charge is -2.15. The smallest absolute Gasteiger partial charge is 0.0714 e. The van der Waals surface area contributed by atoms with Gasteiger partial charge in [-0.2, -0.15) is 0 Å². The summed E-state index contributed by atoms with van der Waals surface area (Å²) in [5.74, 6) is 0. The van der Waals surface area contributed by atoms with Crippen LogP contribution in [0.15, 0.2) is 30.3 Å². The summed E-state index contributed by atoms with van der Waals surface area (Å²) in [6.45, 7) is 6.22. The quantitative estimate of drug-likeness (QED) is 0.748. The first-order valence-electron chi connectivity index (χ1n) is 5.76. The molecule has 0 aromatic heterocycles. The Morgan fingerprint density at radius 1 is 1.33 bits per heavy atom. The second-order valence-electron chi connectivity index (χ2n) is 4.09. The van der Waals surface area contributed by atoms with Crippen LogP contribution >= 0.6 is 0 Å². The van der Waals surface area contributed by atoms with E-state index in [9.17, 15) is 0 Å². The van der Waals surface area contributed by atoms with Crippen LogP contribution in [-0.2, 0) is 11.3 Å². The van der Waals surface area contributed by atoms with Gasteiger partial charge in [-0.15, -0.1) is 0 Å². The number of benzene rings is 1. The summed E-state index contributed by atoms with van der Waals surface area (Å²) in [7, 11) is 0. The fourth-order valence-electron chi connectivity index (χ4n) is 2.15. The van der Waals surface area contributed by atoms with Crippen LogP contribution in [0.25, 0.3) is 0 Å². The van der Waals surface area contributed by atoms with Crippen LogP contribution < -0.4 is 0 Å². The summed E-state index contributed by atoms with van der Waals surface area (Å²) in [6, 6.07) is 10.6. The molecular formula is C13H19NO. The minimum absolute atomic E-state index is 0.457. The molecule has 1 fully saturated rings. The van der Waals surface area contributed by atoms with E-state index in [0.717, 1.165) is 19.7 Å². The van der Waals surface area contributed by atoms with Crippen molar-refractivity contribution in [3.05, 3.63) is 35.9 Å². The minimum atomic E-state index is 0.457. The van der Waals surface area contributed by atoms with Gasteiger partial charge in [0, 0.05) is 26.2 Å². The van der Waals surface area contributed by atoms with Gasteiger partial charge in [-0.05, 0) is 18.9 Å². The minimum Gasteiger partial charge on any atom is -0.377 e. The number of hydrogen-bond donors (Lipinski definition) is 0. The summed E-state index contributed by atoms with van der Waals surface area (Å²) >= 11 is 0. The van der Waals surface area contributed by atoms with Crippen molar-refractivity contribution in [1.82, 2.24) is 4.90 Å². The zero-order chi connectivity index (χ0) is 10.5. The molecule has 1 aliphatic rings. The molecule has 0 saturated carbocycles. The van der Waals surface area contributed by atoms with Crippen LogP contribution in [0.2, 0.25) is 0 Å². The Balaban J connectivity index is 1.82.